The van der Waals surface area contributed by atoms with Crippen LogP contribution in [0.4, 0.5) is 0 Å². The van der Waals surface area contributed by atoms with Gasteiger partial charge in [0.05, 0.1) is 0 Å². The van der Waals surface area contributed by atoms with E-state index in [1.165, 1.54) is 64.2 Å². The van der Waals surface area contributed by atoms with Crippen molar-refractivity contribution in [2.75, 3.05) is 4.35 Å². The van der Waals surface area contributed by atoms with Gasteiger partial charge >= 0.3 is 177 Å². The molecule has 0 N–H and O–H groups in total. The van der Waals surface area contributed by atoms with Gasteiger partial charge in [0.2, 0.25) is 0 Å². The van der Waals surface area contributed by atoms with E-state index in [1.54, 1.807) is 15.2 Å². The summed E-state index contributed by atoms with van der Waals surface area (Å²) in [7, 11) is 0. The van der Waals surface area contributed by atoms with Gasteiger partial charge in [0.25, 0.3) is 0 Å². The molecule has 2 aliphatic carbocycles. The third kappa shape index (κ3) is 4.68. The van der Waals surface area contributed by atoms with Gasteiger partial charge in [-0.05, 0) is 0 Å². The van der Waals surface area contributed by atoms with Crippen LogP contribution in [0, 0.1) is 0 Å². The molecule has 2 heteroatoms. The van der Waals surface area contributed by atoms with Crippen molar-refractivity contribution in [3.8, 4) is 0 Å². The van der Waals surface area contributed by atoms with Gasteiger partial charge in [-0.2, -0.15) is 0 Å². The van der Waals surface area contributed by atoms with Gasteiger partial charge in [-0.15, -0.1) is 0 Å². The van der Waals surface area contributed by atoms with Gasteiger partial charge < -0.3 is 0 Å². The van der Waals surface area contributed by atoms with Gasteiger partial charge in [0.1, 0.15) is 0 Å². The number of rotatable bonds is 6. The Bertz CT molecular complexity index is 550. The minimum absolute atomic E-state index is 0.601. The molecule has 2 aliphatic rings. The van der Waals surface area contributed by atoms with Crippen LogP contribution < -0.4 is 4.04 Å². The molecule has 0 saturated heterocycles. The van der Waals surface area contributed by atoms with Crippen molar-refractivity contribution in [3.05, 3.63) is 29.3 Å². The minimum atomic E-state index is -1.89. The summed E-state index contributed by atoms with van der Waals surface area (Å²) < 4.78 is 4.54. The van der Waals surface area contributed by atoms with Gasteiger partial charge in [-0.3, -0.25) is 0 Å². The molecule has 3 rings (SSSR count). The van der Waals surface area contributed by atoms with Crippen LogP contribution in [0.15, 0.2) is 18.2 Å². The molecule has 1 aromatic carbocycles. The van der Waals surface area contributed by atoms with Crippen LogP contribution in [0.2, 0.25) is 8.78 Å². The van der Waals surface area contributed by atoms with E-state index in [1.807, 2.05) is 0 Å². The SMILES string of the molecule is CC(C)c1cc(C(C)C)c[c]([Pd]([CH2]Cl)([CH]2CCCCC2)[CH]2CCCCC2)c1. The third-order valence-electron chi connectivity index (χ3n) is 6.66. The Balaban J connectivity index is 2.13. The summed E-state index contributed by atoms with van der Waals surface area (Å²) in [5.74, 6) is 1.20. The van der Waals surface area contributed by atoms with E-state index < -0.39 is 15.5 Å². The Hall–Kier alpha value is 0.172. The van der Waals surface area contributed by atoms with E-state index >= 15 is 0 Å². The number of halogens is 1. The fourth-order valence-electron chi connectivity index (χ4n) is 4.85. The first-order chi connectivity index (χ1) is 13.0. The second kappa shape index (κ2) is 9.78. The van der Waals surface area contributed by atoms with Gasteiger partial charge in [0, 0.05) is 0 Å². The summed E-state index contributed by atoms with van der Waals surface area (Å²) in [4.78, 5) is 0. The van der Waals surface area contributed by atoms with Gasteiger partial charge in [0.15, 0.2) is 0 Å². The van der Waals surface area contributed by atoms with Crippen LogP contribution in [0.3, 0.4) is 0 Å². The predicted octanol–water partition coefficient (Wildman–Crippen LogP) is 8.41. The third-order valence-corrected chi connectivity index (χ3v) is 17.4. The summed E-state index contributed by atoms with van der Waals surface area (Å²) in [6, 6.07) is 7.73. The van der Waals surface area contributed by atoms with Crippen LogP contribution in [0.5, 0.6) is 0 Å². The molecule has 0 bridgehead atoms. The number of alkyl halides is 1. The Morgan fingerprint density at radius 2 is 1.15 bits per heavy atom. The van der Waals surface area contributed by atoms with E-state index in [0.717, 1.165) is 13.1 Å². The van der Waals surface area contributed by atoms with Crippen LogP contribution >= 0.6 is 11.6 Å². The Kier molecular flexibility index (Phi) is 7.92. The van der Waals surface area contributed by atoms with E-state index in [4.69, 9.17) is 11.6 Å². The van der Waals surface area contributed by atoms with Gasteiger partial charge in [-0.1, -0.05) is 0 Å². The van der Waals surface area contributed by atoms with E-state index in [-0.39, 0.29) is 0 Å². The first-order valence-electron chi connectivity index (χ1n) is 11.3. The average Bonchev–Trinajstić information content (AvgIpc) is 2.70. The summed E-state index contributed by atoms with van der Waals surface area (Å²) in [6.45, 7) is 9.43. The molecule has 0 spiro atoms. The van der Waals surface area contributed by atoms with Crippen LogP contribution in [0.25, 0.3) is 0 Å². The second-order valence-electron chi connectivity index (χ2n) is 9.20. The quantitative estimate of drug-likeness (QED) is 0.281. The standard InChI is InChI=1S/C12H17.2C6H11.CH2Cl.Pd/c1-9(2)11-6-5-7-12(8-11)10(3)4;2*1-2-4-6-5-3-1;1-2;/h6-10H,1-4H3;2*1H,2-6H2;1H2;. The fraction of sp³-hybridized carbons (Fsp3) is 0.760. The molecule has 0 amide bonds. The first kappa shape index (κ1) is 21.9. The van der Waals surface area contributed by atoms with Crippen molar-refractivity contribution in [2.24, 2.45) is 0 Å². The average molecular weight is 483 g/mol. The zero-order valence-electron chi connectivity index (χ0n) is 18.0. The topological polar surface area (TPSA) is 0 Å². The Morgan fingerprint density at radius 1 is 0.741 bits per heavy atom. The molecular weight excluding hydrogens is 442 g/mol. The maximum atomic E-state index is 7.06. The molecule has 0 nitrogen and oxygen atoms in total. The number of hydrogen-bond donors (Lipinski definition) is 0. The summed E-state index contributed by atoms with van der Waals surface area (Å²) in [5, 5.41) is 0. The fourth-order valence-corrected chi connectivity index (χ4v) is 16.3. The second-order valence-corrected chi connectivity index (χ2v) is 17.3. The normalized spacial score (nSPS) is 21.1. The Morgan fingerprint density at radius 3 is 1.48 bits per heavy atom. The van der Waals surface area contributed by atoms with Gasteiger partial charge in [-0.25, -0.2) is 0 Å². The molecule has 158 valence electrons. The van der Waals surface area contributed by atoms with Crippen molar-refractivity contribution < 1.29 is 15.5 Å². The summed E-state index contributed by atoms with van der Waals surface area (Å²) in [6.07, 6.45) is 14.4. The molecule has 2 saturated carbocycles. The monoisotopic (exact) mass is 482 g/mol. The molecule has 0 unspecified atom stereocenters. The van der Waals surface area contributed by atoms with Crippen LogP contribution in [0.1, 0.15) is 115 Å². The van der Waals surface area contributed by atoms with Crippen molar-refractivity contribution in [1.29, 1.82) is 0 Å². The molecule has 0 heterocycles. The molecule has 27 heavy (non-hydrogen) atoms. The van der Waals surface area contributed by atoms with Crippen molar-refractivity contribution >= 4 is 15.6 Å². The molecular formula is C25H41ClPd. The van der Waals surface area contributed by atoms with Crippen molar-refractivity contribution in [1.82, 2.24) is 0 Å². The zero-order chi connectivity index (χ0) is 19.4. The molecule has 2 fully saturated rings. The first-order valence-corrected chi connectivity index (χ1v) is 15.5. The molecule has 0 aromatic heterocycles. The van der Waals surface area contributed by atoms with E-state index in [0.29, 0.717) is 11.8 Å². The Labute approximate surface area is 176 Å². The molecule has 0 aliphatic heterocycles. The molecule has 0 atom stereocenters. The predicted molar refractivity (Wildman–Crippen MR) is 119 cm³/mol. The summed E-state index contributed by atoms with van der Waals surface area (Å²) >= 11 is 5.17. The number of hydrogen-bond acceptors (Lipinski definition) is 0. The van der Waals surface area contributed by atoms with Crippen molar-refractivity contribution in [3.63, 3.8) is 0 Å². The molecule has 0 radical (unpaired) electrons. The zero-order valence-corrected chi connectivity index (χ0v) is 20.3. The van der Waals surface area contributed by atoms with Crippen molar-refractivity contribution in [2.45, 2.75) is 113 Å². The van der Waals surface area contributed by atoms with E-state index in [2.05, 4.69) is 45.9 Å². The van der Waals surface area contributed by atoms with E-state index in [9.17, 15) is 0 Å². The summed E-state index contributed by atoms with van der Waals surface area (Å²) in [5.41, 5.74) is 3.10. The maximum absolute atomic E-state index is 7.06. The molecule has 1 aromatic rings. The van der Waals surface area contributed by atoms with Crippen LogP contribution in [-0.2, 0) is 15.5 Å². The van der Waals surface area contributed by atoms with Crippen LogP contribution in [-0.4, -0.2) is 4.35 Å². The number of benzene rings is 1.